The Morgan fingerprint density at radius 1 is 1.15 bits per heavy atom. The lowest BCUT2D eigenvalue weighted by Gasteiger charge is -2.20. The Morgan fingerprint density at radius 3 is 2.49 bits per heavy atom. The molecule has 2 aromatic carbocycles. The van der Waals surface area contributed by atoms with Gasteiger partial charge in [0.25, 0.3) is 0 Å². The Morgan fingerprint density at radius 2 is 1.85 bits per heavy atom. The molecule has 10 nitrogen and oxygen atoms in total. The van der Waals surface area contributed by atoms with Crippen LogP contribution in [-0.4, -0.2) is 63.9 Å². The molecule has 0 fully saturated rings. The molecule has 0 radical (unpaired) electrons. The lowest BCUT2D eigenvalue weighted by Crippen LogP contribution is -2.37. The Bertz CT molecular complexity index is 1320. The van der Waals surface area contributed by atoms with E-state index in [1.165, 1.54) is 0 Å². The summed E-state index contributed by atoms with van der Waals surface area (Å²) in [6.07, 6.45) is 2.12. The average molecular weight is 586 g/mol. The molecular weight excluding hydrogens is 546 g/mol. The third-order valence-corrected chi connectivity index (χ3v) is 6.36. The molecular formula is C30H40ClN5O5. The van der Waals surface area contributed by atoms with Gasteiger partial charge in [-0.3, -0.25) is 4.79 Å². The summed E-state index contributed by atoms with van der Waals surface area (Å²) in [4.78, 5) is 30.3. The zero-order chi connectivity index (χ0) is 30.2. The molecule has 0 unspecified atom stereocenters. The third kappa shape index (κ3) is 10.1. The number of carboxylic acid groups (broad SMARTS) is 1. The van der Waals surface area contributed by atoms with Crippen LogP contribution in [0.25, 0.3) is 11.3 Å². The molecule has 3 rings (SSSR count). The summed E-state index contributed by atoms with van der Waals surface area (Å²) in [6, 6.07) is 12.1. The van der Waals surface area contributed by atoms with E-state index in [1.807, 2.05) is 57.7 Å². The number of carbonyl (C=O) groups excluding carboxylic acids is 1. The Kier molecular flexibility index (Phi) is 11.2. The molecule has 0 saturated carbocycles. The summed E-state index contributed by atoms with van der Waals surface area (Å²) in [5.41, 5.74) is 2.18. The van der Waals surface area contributed by atoms with Crippen LogP contribution < -0.4 is 15.4 Å². The summed E-state index contributed by atoms with van der Waals surface area (Å²) >= 11 is 6.25. The fourth-order valence-electron chi connectivity index (χ4n) is 4.09. The van der Waals surface area contributed by atoms with E-state index in [9.17, 15) is 14.7 Å². The normalized spacial score (nSPS) is 12.3. The number of benzene rings is 2. The second-order valence-corrected chi connectivity index (χ2v) is 11.5. The van der Waals surface area contributed by atoms with Crippen LogP contribution in [0.4, 0.5) is 4.79 Å². The number of halogens is 1. The van der Waals surface area contributed by atoms with Crippen molar-refractivity contribution in [1.82, 2.24) is 25.1 Å². The van der Waals surface area contributed by atoms with Crippen LogP contribution in [0.1, 0.15) is 45.0 Å². The van der Waals surface area contributed by atoms with Gasteiger partial charge in [-0.2, -0.15) is 0 Å². The molecule has 11 heteroatoms. The molecule has 0 aliphatic rings. The first-order valence-electron chi connectivity index (χ1n) is 13.5. The molecule has 3 N–H and O–H groups in total. The highest BCUT2D eigenvalue weighted by molar-refractivity contribution is 6.30. The molecule has 3 aromatic rings. The van der Waals surface area contributed by atoms with E-state index in [0.717, 1.165) is 29.2 Å². The molecule has 0 spiro atoms. The van der Waals surface area contributed by atoms with E-state index in [0.29, 0.717) is 35.9 Å². The fourth-order valence-corrected chi connectivity index (χ4v) is 4.25. The van der Waals surface area contributed by atoms with Gasteiger partial charge in [-0.25, -0.2) is 9.78 Å². The average Bonchev–Trinajstić information content (AvgIpc) is 3.23. The highest BCUT2D eigenvalue weighted by Crippen LogP contribution is 2.30. The van der Waals surface area contributed by atoms with Gasteiger partial charge in [0, 0.05) is 36.3 Å². The number of nitrogens with zero attached hydrogens (tertiary/aromatic N) is 3. The third-order valence-electron chi connectivity index (χ3n) is 6.12. The lowest BCUT2D eigenvalue weighted by atomic mass is 10.1. The van der Waals surface area contributed by atoms with Gasteiger partial charge in [0.15, 0.2) is 0 Å². The van der Waals surface area contributed by atoms with Crippen LogP contribution in [0, 0.1) is 0 Å². The van der Waals surface area contributed by atoms with Crippen molar-refractivity contribution in [3.63, 3.8) is 0 Å². The monoisotopic (exact) mass is 585 g/mol. The van der Waals surface area contributed by atoms with E-state index in [4.69, 9.17) is 21.1 Å². The van der Waals surface area contributed by atoms with Crippen LogP contribution in [0.15, 0.2) is 48.7 Å². The number of carbonyl (C=O) groups is 2. The van der Waals surface area contributed by atoms with E-state index in [-0.39, 0.29) is 6.54 Å². The molecule has 0 saturated heterocycles. The molecule has 1 amide bonds. The van der Waals surface area contributed by atoms with E-state index in [2.05, 4.69) is 25.1 Å². The zero-order valence-corrected chi connectivity index (χ0v) is 25.3. The maximum atomic E-state index is 11.9. The summed E-state index contributed by atoms with van der Waals surface area (Å²) in [6.45, 7) is 6.65. The predicted molar refractivity (Wildman–Crippen MR) is 159 cm³/mol. The quantitative estimate of drug-likeness (QED) is 0.227. The number of alkyl carbamates (subject to hydrolysis) is 1. The van der Waals surface area contributed by atoms with Crippen molar-refractivity contribution in [2.24, 2.45) is 7.05 Å². The molecule has 0 bridgehead atoms. The molecule has 1 atom stereocenters. The minimum absolute atomic E-state index is 0.255. The molecule has 0 aliphatic heterocycles. The van der Waals surface area contributed by atoms with Crippen molar-refractivity contribution < 1.29 is 24.2 Å². The van der Waals surface area contributed by atoms with Gasteiger partial charge >= 0.3 is 12.1 Å². The highest BCUT2D eigenvalue weighted by atomic mass is 35.5. The molecule has 1 heterocycles. The minimum atomic E-state index is -0.974. The maximum absolute atomic E-state index is 11.9. The van der Waals surface area contributed by atoms with Crippen LogP contribution in [0.5, 0.6) is 11.5 Å². The largest absolute Gasteiger partial charge is 0.480 e. The molecule has 1 aromatic heterocycles. The number of amides is 1. The topological polar surface area (TPSA) is 118 Å². The van der Waals surface area contributed by atoms with Gasteiger partial charge in [-0.1, -0.05) is 17.7 Å². The highest BCUT2D eigenvalue weighted by Gasteiger charge is 2.19. The minimum Gasteiger partial charge on any atom is -0.480 e. The van der Waals surface area contributed by atoms with Gasteiger partial charge in [0.2, 0.25) is 0 Å². The summed E-state index contributed by atoms with van der Waals surface area (Å²) in [5.74, 6) is 1.15. The van der Waals surface area contributed by atoms with Crippen LogP contribution >= 0.6 is 11.6 Å². The summed E-state index contributed by atoms with van der Waals surface area (Å²) < 4.78 is 13.4. The van der Waals surface area contributed by atoms with Gasteiger partial charge < -0.3 is 34.7 Å². The number of imidazole rings is 1. The second-order valence-electron chi connectivity index (χ2n) is 11.1. The molecule has 0 aliphatic carbocycles. The summed E-state index contributed by atoms with van der Waals surface area (Å²) in [7, 11) is 6.02. The number of carboxylic acids is 1. The number of aromatic nitrogens is 2. The van der Waals surface area contributed by atoms with Gasteiger partial charge in [-0.15, -0.1) is 0 Å². The van der Waals surface area contributed by atoms with Crippen molar-refractivity contribution >= 4 is 23.7 Å². The van der Waals surface area contributed by atoms with Crippen molar-refractivity contribution in [1.29, 1.82) is 0 Å². The number of ether oxygens (including phenoxy) is 2. The first-order valence-corrected chi connectivity index (χ1v) is 13.9. The van der Waals surface area contributed by atoms with E-state index >= 15 is 0 Å². The van der Waals surface area contributed by atoms with Gasteiger partial charge in [-0.05, 0) is 84.1 Å². The SMILES string of the molecule is CN(C)Cc1ncc(-c2ccc(Oc3cc(Cl)ccc3CN[C@@H](CCCNC(=O)OC(C)(C)C)C(=O)O)cc2)n1C. The molecule has 222 valence electrons. The van der Waals surface area contributed by atoms with Crippen LogP contribution in [0.3, 0.4) is 0 Å². The van der Waals surface area contributed by atoms with Crippen molar-refractivity contribution in [2.75, 3.05) is 20.6 Å². The van der Waals surface area contributed by atoms with Crippen LogP contribution in [0.2, 0.25) is 5.02 Å². The van der Waals surface area contributed by atoms with Crippen molar-refractivity contribution in [3.8, 4) is 22.8 Å². The standard InChI is InChI=1S/C30H40ClN5O5/c1-30(2,3)41-29(39)32-15-7-8-24(28(37)38)33-17-21-9-12-22(31)16-26(21)40-23-13-10-20(11-14-23)25-18-34-27(36(25)6)19-35(4)5/h9-14,16,18,24,33H,7-8,15,17,19H2,1-6H3,(H,32,39)(H,37,38)/t24-/m0/s1. The first-order chi connectivity index (χ1) is 19.3. The number of aliphatic carboxylic acids is 1. The number of hydrogen-bond donors (Lipinski definition) is 3. The van der Waals surface area contributed by atoms with E-state index < -0.39 is 23.7 Å². The number of nitrogens with one attached hydrogen (secondary N) is 2. The van der Waals surface area contributed by atoms with Gasteiger partial charge in [0.05, 0.1) is 18.4 Å². The van der Waals surface area contributed by atoms with Crippen molar-refractivity contribution in [3.05, 3.63) is 65.1 Å². The Hall–Kier alpha value is -3.60. The zero-order valence-electron chi connectivity index (χ0n) is 24.5. The van der Waals surface area contributed by atoms with Crippen molar-refractivity contribution in [2.45, 2.75) is 58.3 Å². The Labute approximate surface area is 246 Å². The smallest absolute Gasteiger partial charge is 0.407 e. The summed E-state index contributed by atoms with van der Waals surface area (Å²) in [5, 5.41) is 15.9. The van der Waals surface area contributed by atoms with Crippen LogP contribution in [-0.2, 0) is 29.7 Å². The lowest BCUT2D eigenvalue weighted by molar-refractivity contribution is -0.139. The Balaban J connectivity index is 1.61. The maximum Gasteiger partial charge on any atom is 0.407 e. The predicted octanol–water partition coefficient (Wildman–Crippen LogP) is 5.44. The first kappa shape index (κ1) is 31.9. The second kappa shape index (κ2) is 14.3. The van der Waals surface area contributed by atoms with Gasteiger partial charge in [0.1, 0.15) is 29.0 Å². The fraction of sp³-hybridized carbons (Fsp3) is 0.433. The number of hydrogen-bond acceptors (Lipinski definition) is 7. The molecule has 41 heavy (non-hydrogen) atoms. The number of rotatable bonds is 13. The van der Waals surface area contributed by atoms with E-state index in [1.54, 1.807) is 32.9 Å².